The smallest absolute Gasteiger partial charge is 0.134 e. The number of benzene rings is 3. The van der Waals surface area contributed by atoms with E-state index in [4.69, 9.17) is 14.2 Å². The Kier molecular flexibility index (Phi) is 4.58. The van der Waals surface area contributed by atoms with Crippen molar-refractivity contribution in [2.45, 2.75) is 20.8 Å². The van der Waals surface area contributed by atoms with Gasteiger partial charge in [-0.3, -0.25) is 0 Å². The van der Waals surface area contributed by atoms with E-state index in [2.05, 4.69) is 45.0 Å². The summed E-state index contributed by atoms with van der Waals surface area (Å²) < 4.78 is 17.3. The number of fused-ring (bicyclic) bond motifs is 1. The van der Waals surface area contributed by atoms with Gasteiger partial charge in [-0.25, -0.2) is 0 Å². The number of hydrogen-bond donors (Lipinski definition) is 0. The maximum absolute atomic E-state index is 5.81. The topological polar surface area (TPSA) is 27.7 Å². The standard InChI is InChI=1S/C22H24O3/c1-13-14(2)21(24-5)19(15(3)20(13)23-4)18-12-11-16-9-7-8-10-17(16)22(18)25-6/h7-12H,1-6H3. The van der Waals surface area contributed by atoms with Gasteiger partial charge in [0.2, 0.25) is 0 Å². The molecule has 0 unspecified atom stereocenters. The Morgan fingerprint density at radius 1 is 0.600 bits per heavy atom. The van der Waals surface area contributed by atoms with Crippen LogP contribution in [0.2, 0.25) is 0 Å². The lowest BCUT2D eigenvalue weighted by atomic mass is 9.90. The summed E-state index contributed by atoms with van der Waals surface area (Å²) in [6.07, 6.45) is 0. The van der Waals surface area contributed by atoms with E-state index >= 15 is 0 Å². The molecule has 0 amide bonds. The Morgan fingerprint density at radius 3 is 1.84 bits per heavy atom. The largest absolute Gasteiger partial charge is 0.496 e. The Labute approximate surface area is 149 Å². The van der Waals surface area contributed by atoms with Gasteiger partial charge in [-0.1, -0.05) is 30.3 Å². The first-order chi connectivity index (χ1) is 12.0. The third kappa shape index (κ3) is 2.60. The molecule has 3 rings (SSSR count). The SMILES string of the molecule is COc1c(C)c(C)c(OC)c(-c2ccc3ccccc3c2OC)c1C. The van der Waals surface area contributed by atoms with Gasteiger partial charge in [0, 0.05) is 22.1 Å². The van der Waals surface area contributed by atoms with Crippen molar-refractivity contribution in [1.29, 1.82) is 0 Å². The van der Waals surface area contributed by atoms with E-state index in [1.54, 1.807) is 21.3 Å². The molecular weight excluding hydrogens is 312 g/mol. The minimum Gasteiger partial charge on any atom is -0.496 e. The first-order valence-electron chi connectivity index (χ1n) is 8.33. The highest BCUT2D eigenvalue weighted by Gasteiger charge is 2.23. The lowest BCUT2D eigenvalue weighted by Gasteiger charge is -2.22. The zero-order valence-electron chi connectivity index (χ0n) is 15.7. The summed E-state index contributed by atoms with van der Waals surface area (Å²) in [6, 6.07) is 12.4. The van der Waals surface area contributed by atoms with E-state index < -0.39 is 0 Å². The molecule has 0 fully saturated rings. The average molecular weight is 336 g/mol. The van der Waals surface area contributed by atoms with Crippen molar-refractivity contribution < 1.29 is 14.2 Å². The fourth-order valence-electron chi connectivity index (χ4n) is 3.64. The molecule has 0 bridgehead atoms. The summed E-state index contributed by atoms with van der Waals surface area (Å²) in [5, 5.41) is 2.23. The summed E-state index contributed by atoms with van der Waals surface area (Å²) in [6.45, 7) is 6.19. The van der Waals surface area contributed by atoms with Gasteiger partial charge in [0.05, 0.1) is 21.3 Å². The first-order valence-corrected chi connectivity index (χ1v) is 8.33. The third-order valence-electron chi connectivity index (χ3n) is 4.95. The van der Waals surface area contributed by atoms with E-state index in [-0.39, 0.29) is 0 Å². The van der Waals surface area contributed by atoms with Crippen molar-refractivity contribution in [1.82, 2.24) is 0 Å². The van der Waals surface area contributed by atoms with Crippen LogP contribution in [0.4, 0.5) is 0 Å². The molecule has 3 heteroatoms. The molecule has 0 aliphatic heterocycles. The molecule has 25 heavy (non-hydrogen) atoms. The minimum atomic E-state index is 0.852. The van der Waals surface area contributed by atoms with Crippen LogP contribution in [0.25, 0.3) is 21.9 Å². The van der Waals surface area contributed by atoms with Crippen LogP contribution in [0.15, 0.2) is 36.4 Å². The average Bonchev–Trinajstić information content (AvgIpc) is 2.64. The molecule has 0 radical (unpaired) electrons. The molecule has 0 heterocycles. The Balaban J connectivity index is 2.44. The molecule has 0 saturated carbocycles. The van der Waals surface area contributed by atoms with Gasteiger partial charge in [0.15, 0.2) is 0 Å². The van der Waals surface area contributed by atoms with Gasteiger partial charge < -0.3 is 14.2 Å². The van der Waals surface area contributed by atoms with Gasteiger partial charge in [0.1, 0.15) is 17.2 Å². The fraction of sp³-hybridized carbons (Fsp3) is 0.273. The molecule has 0 saturated heterocycles. The van der Waals surface area contributed by atoms with Gasteiger partial charge in [-0.05, 0) is 43.4 Å². The molecule has 3 aromatic rings. The number of rotatable bonds is 4. The normalized spacial score (nSPS) is 10.8. The maximum Gasteiger partial charge on any atom is 0.134 e. The van der Waals surface area contributed by atoms with Crippen molar-refractivity contribution in [2.24, 2.45) is 0 Å². The maximum atomic E-state index is 5.81. The molecule has 0 atom stereocenters. The van der Waals surface area contributed by atoms with Crippen molar-refractivity contribution in [2.75, 3.05) is 21.3 Å². The van der Waals surface area contributed by atoms with Crippen LogP contribution in [0.1, 0.15) is 16.7 Å². The summed E-state index contributed by atoms with van der Waals surface area (Å²) in [5.41, 5.74) is 5.26. The fourth-order valence-corrected chi connectivity index (χ4v) is 3.64. The predicted octanol–water partition coefficient (Wildman–Crippen LogP) is 5.46. The molecule has 0 spiro atoms. The molecule has 0 aliphatic carbocycles. The number of ether oxygens (including phenoxy) is 3. The van der Waals surface area contributed by atoms with Gasteiger partial charge >= 0.3 is 0 Å². The van der Waals surface area contributed by atoms with Crippen molar-refractivity contribution >= 4 is 10.8 Å². The van der Waals surface area contributed by atoms with Gasteiger partial charge in [-0.15, -0.1) is 0 Å². The van der Waals surface area contributed by atoms with E-state index in [1.165, 1.54) is 0 Å². The first kappa shape index (κ1) is 17.2. The zero-order chi connectivity index (χ0) is 18.1. The highest BCUT2D eigenvalue weighted by atomic mass is 16.5. The number of hydrogen-bond acceptors (Lipinski definition) is 3. The second-order valence-electron chi connectivity index (χ2n) is 6.18. The van der Waals surface area contributed by atoms with Crippen LogP contribution in [0.5, 0.6) is 17.2 Å². The van der Waals surface area contributed by atoms with Crippen LogP contribution in [-0.2, 0) is 0 Å². The highest BCUT2D eigenvalue weighted by molar-refractivity contribution is 5.97. The monoisotopic (exact) mass is 336 g/mol. The predicted molar refractivity (Wildman–Crippen MR) is 103 cm³/mol. The Morgan fingerprint density at radius 2 is 1.20 bits per heavy atom. The van der Waals surface area contributed by atoms with Crippen LogP contribution < -0.4 is 14.2 Å². The summed E-state index contributed by atoms with van der Waals surface area (Å²) in [5.74, 6) is 2.61. The quantitative estimate of drug-likeness (QED) is 0.633. The lowest BCUT2D eigenvalue weighted by Crippen LogP contribution is -2.02. The van der Waals surface area contributed by atoms with Crippen molar-refractivity contribution in [3.05, 3.63) is 53.1 Å². The highest BCUT2D eigenvalue weighted by Crippen LogP contribution is 2.47. The Hall–Kier alpha value is -2.68. The van der Waals surface area contributed by atoms with Crippen molar-refractivity contribution in [3.8, 4) is 28.4 Å². The zero-order valence-corrected chi connectivity index (χ0v) is 15.7. The van der Waals surface area contributed by atoms with Crippen LogP contribution in [0, 0.1) is 20.8 Å². The van der Waals surface area contributed by atoms with E-state index in [0.29, 0.717) is 0 Å². The third-order valence-corrected chi connectivity index (χ3v) is 4.95. The van der Waals surface area contributed by atoms with Gasteiger partial charge in [0.25, 0.3) is 0 Å². The summed E-state index contributed by atoms with van der Waals surface area (Å²) >= 11 is 0. The second kappa shape index (κ2) is 6.67. The molecular formula is C22H24O3. The summed E-state index contributed by atoms with van der Waals surface area (Å²) in [7, 11) is 5.14. The van der Waals surface area contributed by atoms with E-state index in [1.807, 2.05) is 12.1 Å². The van der Waals surface area contributed by atoms with Crippen LogP contribution in [0.3, 0.4) is 0 Å². The van der Waals surface area contributed by atoms with Gasteiger partial charge in [-0.2, -0.15) is 0 Å². The number of methoxy groups -OCH3 is 3. The lowest BCUT2D eigenvalue weighted by molar-refractivity contribution is 0.395. The second-order valence-corrected chi connectivity index (χ2v) is 6.18. The molecule has 0 aromatic heterocycles. The van der Waals surface area contributed by atoms with Crippen LogP contribution >= 0.6 is 0 Å². The van der Waals surface area contributed by atoms with E-state index in [0.717, 1.165) is 55.8 Å². The Bertz CT molecular complexity index is 942. The summed E-state index contributed by atoms with van der Waals surface area (Å²) in [4.78, 5) is 0. The molecule has 3 nitrogen and oxygen atoms in total. The molecule has 130 valence electrons. The van der Waals surface area contributed by atoms with Crippen LogP contribution in [-0.4, -0.2) is 21.3 Å². The molecule has 3 aromatic carbocycles. The molecule has 0 aliphatic rings. The minimum absolute atomic E-state index is 0.852. The molecule has 0 N–H and O–H groups in total. The van der Waals surface area contributed by atoms with E-state index in [9.17, 15) is 0 Å². The van der Waals surface area contributed by atoms with Crippen molar-refractivity contribution in [3.63, 3.8) is 0 Å².